The first-order valence-corrected chi connectivity index (χ1v) is 8.36. The van der Waals surface area contributed by atoms with Crippen molar-refractivity contribution in [3.8, 4) is 0 Å². The minimum atomic E-state index is -1.66. The van der Waals surface area contributed by atoms with Gasteiger partial charge in [-0.25, -0.2) is 8.78 Å². The predicted octanol–water partition coefficient (Wildman–Crippen LogP) is 4.00. The van der Waals surface area contributed by atoms with Gasteiger partial charge in [0.25, 0.3) is 0 Å². The Hall–Kier alpha value is 0.0600. The number of halogens is 3. The molecule has 0 saturated heterocycles. The Labute approximate surface area is 126 Å². The third-order valence-corrected chi connectivity index (χ3v) is 5.61. The summed E-state index contributed by atoms with van der Waals surface area (Å²) in [7, 11) is 0. The van der Waals surface area contributed by atoms with E-state index in [4.69, 9.17) is 4.74 Å². The third-order valence-electron chi connectivity index (χ3n) is 4.37. The normalized spacial score (nSPS) is 43.8. The molecule has 5 heteroatoms. The van der Waals surface area contributed by atoms with Gasteiger partial charge in [0, 0.05) is 3.92 Å². The lowest BCUT2D eigenvalue weighted by Gasteiger charge is -2.34. The first kappa shape index (κ1) is 15.4. The highest BCUT2D eigenvalue weighted by atomic mass is 127. The molecule has 0 aromatic rings. The van der Waals surface area contributed by atoms with E-state index in [1.54, 1.807) is 6.92 Å². The third kappa shape index (κ3) is 3.79. The van der Waals surface area contributed by atoms with E-state index < -0.39 is 18.4 Å². The molecule has 110 valence electrons. The summed E-state index contributed by atoms with van der Waals surface area (Å²) in [5, 5.41) is 0. The van der Waals surface area contributed by atoms with Crippen LogP contribution >= 0.6 is 22.6 Å². The summed E-state index contributed by atoms with van der Waals surface area (Å²) >= 11 is 2.39. The van der Waals surface area contributed by atoms with Gasteiger partial charge in [0.15, 0.2) is 6.17 Å². The molecule has 2 rings (SSSR count). The van der Waals surface area contributed by atoms with Crippen LogP contribution in [0.5, 0.6) is 0 Å². The van der Waals surface area contributed by atoms with Crippen molar-refractivity contribution in [1.29, 1.82) is 0 Å². The monoisotopic (exact) mass is 386 g/mol. The average Bonchev–Trinajstić information content (AvgIpc) is 2.40. The molecule has 0 bridgehead atoms. The van der Waals surface area contributed by atoms with Crippen molar-refractivity contribution in [2.45, 2.75) is 67.8 Å². The minimum Gasteiger partial charge on any atom is -0.459 e. The molecule has 4 atom stereocenters. The van der Waals surface area contributed by atoms with Crippen molar-refractivity contribution in [1.82, 2.24) is 0 Å². The summed E-state index contributed by atoms with van der Waals surface area (Å²) in [6.45, 7) is 1.71. The Kier molecular flexibility index (Phi) is 5.43. The zero-order valence-corrected chi connectivity index (χ0v) is 13.3. The van der Waals surface area contributed by atoms with E-state index >= 15 is 0 Å². The molecule has 0 aromatic carbocycles. The van der Waals surface area contributed by atoms with Crippen molar-refractivity contribution in [2.24, 2.45) is 11.8 Å². The van der Waals surface area contributed by atoms with E-state index in [0.717, 1.165) is 25.7 Å². The number of esters is 1. The molecule has 2 aliphatic carbocycles. The molecule has 0 N–H and O–H groups in total. The fraction of sp³-hybridized carbons (Fsp3) is 0.929. The van der Waals surface area contributed by atoms with Crippen molar-refractivity contribution in [3.63, 3.8) is 0 Å². The number of ether oxygens (including phenoxy) is 1. The smallest absolute Gasteiger partial charge is 0.309 e. The Bertz CT molecular complexity index is 319. The number of hydrogen-bond acceptors (Lipinski definition) is 2. The van der Waals surface area contributed by atoms with Gasteiger partial charge in [-0.15, -0.1) is 0 Å². The lowest BCUT2D eigenvalue weighted by atomic mass is 9.85. The number of carbonyl (C=O) groups is 1. The summed E-state index contributed by atoms with van der Waals surface area (Å²) in [5.74, 6) is -0.715. The summed E-state index contributed by atoms with van der Waals surface area (Å²) in [6, 6.07) is 0. The Morgan fingerprint density at radius 3 is 2.32 bits per heavy atom. The molecule has 0 heterocycles. The molecule has 2 aliphatic rings. The molecule has 0 radical (unpaired) electrons. The molecule has 0 spiro atoms. The van der Waals surface area contributed by atoms with Gasteiger partial charge in [-0.1, -0.05) is 29.5 Å². The Morgan fingerprint density at radius 2 is 1.68 bits per heavy atom. The number of hydrogen-bond donors (Lipinski definition) is 0. The molecule has 2 fully saturated rings. The second kappa shape index (κ2) is 6.68. The second-order valence-corrected chi connectivity index (χ2v) is 7.63. The molecule has 0 aromatic heterocycles. The molecule has 19 heavy (non-hydrogen) atoms. The van der Waals surface area contributed by atoms with Gasteiger partial charge in [-0.3, -0.25) is 4.79 Å². The van der Waals surface area contributed by atoms with Crippen molar-refractivity contribution in [3.05, 3.63) is 0 Å². The van der Waals surface area contributed by atoms with E-state index in [9.17, 15) is 13.6 Å². The summed E-state index contributed by atoms with van der Waals surface area (Å²) in [5.41, 5.74) is 0. The lowest BCUT2D eigenvalue weighted by Crippen LogP contribution is -2.43. The van der Waals surface area contributed by atoms with E-state index in [1.807, 2.05) is 0 Å². The largest absolute Gasteiger partial charge is 0.459 e. The van der Waals surface area contributed by atoms with Gasteiger partial charge in [-0.2, -0.15) is 0 Å². The maximum Gasteiger partial charge on any atom is 0.309 e. The van der Waals surface area contributed by atoms with E-state index in [0.29, 0.717) is 16.8 Å². The molecular formula is C14H21F2IO2. The van der Waals surface area contributed by atoms with Crippen LogP contribution in [0.4, 0.5) is 8.78 Å². The van der Waals surface area contributed by atoms with Gasteiger partial charge >= 0.3 is 5.97 Å². The predicted molar refractivity (Wildman–Crippen MR) is 77.8 cm³/mol. The van der Waals surface area contributed by atoms with Gasteiger partial charge in [0.2, 0.25) is 0 Å². The highest BCUT2D eigenvalue weighted by Crippen LogP contribution is 2.34. The molecule has 2 nitrogen and oxygen atoms in total. The Morgan fingerprint density at radius 1 is 1.05 bits per heavy atom. The van der Waals surface area contributed by atoms with Crippen molar-refractivity contribution in [2.75, 3.05) is 0 Å². The van der Waals surface area contributed by atoms with Crippen LogP contribution in [-0.4, -0.2) is 28.3 Å². The molecule has 4 unspecified atom stereocenters. The quantitative estimate of drug-likeness (QED) is 0.408. The first-order valence-electron chi connectivity index (χ1n) is 7.11. The van der Waals surface area contributed by atoms with Crippen LogP contribution in [0, 0.1) is 11.8 Å². The van der Waals surface area contributed by atoms with Gasteiger partial charge in [0.1, 0.15) is 12.3 Å². The van der Waals surface area contributed by atoms with E-state index in [1.165, 1.54) is 0 Å². The average molecular weight is 386 g/mol. The number of rotatable bonds is 2. The maximum absolute atomic E-state index is 13.8. The molecule has 0 amide bonds. The second-order valence-electron chi connectivity index (χ2n) is 5.87. The summed E-state index contributed by atoms with van der Waals surface area (Å²) < 4.78 is 33.3. The van der Waals surface area contributed by atoms with Crippen LogP contribution in [-0.2, 0) is 9.53 Å². The molecular weight excluding hydrogens is 365 g/mol. The topological polar surface area (TPSA) is 26.3 Å². The van der Waals surface area contributed by atoms with Crippen molar-refractivity contribution < 1.29 is 18.3 Å². The van der Waals surface area contributed by atoms with Crippen LogP contribution in [0.3, 0.4) is 0 Å². The van der Waals surface area contributed by atoms with Crippen molar-refractivity contribution >= 4 is 28.6 Å². The van der Waals surface area contributed by atoms with Crippen LogP contribution in [0.1, 0.15) is 45.4 Å². The Balaban J connectivity index is 1.85. The van der Waals surface area contributed by atoms with Crippen LogP contribution < -0.4 is 0 Å². The van der Waals surface area contributed by atoms with Gasteiger partial charge in [-0.05, 0) is 44.4 Å². The zero-order valence-electron chi connectivity index (χ0n) is 11.2. The zero-order chi connectivity index (χ0) is 14.0. The number of carbonyl (C=O) groups excluding carboxylic acids is 1. The summed E-state index contributed by atoms with van der Waals surface area (Å²) in [6.07, 6.45) is 0.619. The molecule has 0 aliphatic heterocycles. The fourth-order valence-corrected chi connectivity index (χ4v) is 3.64. The van der Waals surface area contributed by atoms with Crippen LogP contribution in [0.25, 0.3) is 0 Å². The van der Waals surface area contributed by atoms with Gasteiger partial charge in [0.05, 0.1) is 5.92 Å². The van der Waals surface area contributed by atoms with Crippen LogP contribution in [0.2, 0.25) is 0 Å². The highest BCUT2D eigenvalue weighted by molar-refractivity contribution is 14.1. The SMILES string of the molecule is CC1CCC(OC(=O)C2CCC(I)CC2)C(F)C1F. The molecule has 2 saturated carbocycles. The standard InChI is InChI=1S/C14H21F2IO2/c1-8-2-7-11(13(16)12(8)15)19-14(18)9-3-5-10(17)6-4-9/h8-13H,2-7H2,1H3. The maximum atomic E-state index is 13.8. The minimum absolute atomic E-state index is 0.115. The fourth-order valence-electron chi connectivity index (χ4n) is 2.92. The van der Waals surface area contributed by atoms with Crippen LogP contribution in [0.15, 0.2) is 0 Å². The highest BCUT2D eigenvalue weighted by Gasteiger charge is 2.41. The number of alkyl halides is 3. The van der Waals surface area contributed by atoms with E-state index in [-0.39, 0.29) is 17.8 Å². The van der Waals surface area contributed by atoms with E-state index in [2.05, 4.69) is 22.6 Å². The lowest BCUT2D eigenvalue weighted by molar-refractivity contribution is -0.164. The van der Waals surface area contributed by atoms with Gasteiger partial charge < -0.3 is 4.74 Å². The summed E-state index contributed by atoms with van der Waals surface area (Å²) in [4.78, 5) is 12.0. The first-order chi connectivity index (χ1) is 8.99.